The average Bonchev–Trinajstić information content (AvgIpc) is 3.36. The van der Waals surface area contributed by atoms with Crippen molar-refractivity contribution in [2.45, 2.75) is 31.7 Å². The maximum absolute atomic E-state index is 12.8. The summed E-state index contributed by atoms with van der Waals surface area (Å²) >= 11 is 1.53. The molecular formula is C20H20N2OS. The van der Waals surface area contributed by atoms with Gasteiger partial charge in [0.2, 0.25) is 0 Å². The SMILES string of the molecule is O=C(NC1CCCC1)c1scc(-c2ccccc2)c1-n1cccc1. The minimum atomic E-state index is 0.0535. The van der Waals surface area contributed by atoms with E-state index >= 15 is 0 Å². The normalized spacial score (nSPS) is 14.8. The van der Waals surface area contributed by atoms with E-state index in [1.807, 2.05) is 47.3 Å². The summed E-state index contributed by atoms with van der Waals surface area (Å²) in [6.07, 6.45) is 8.63. The summed E-state index contributed by atoms with van der Waals surface area (Å²) in [4.78, 5) is 13.6. The first-order chi connectivity index (χ1) is 11.8. The molecule has 0 aliphatic heterocycles. The van der Waals surface area contributed by atoms with E-state index in [-0.39, 0.29) is 5.91 Å². The van der Waals surface area contributed by atoms with Crippen LogP contribution in [-0.2, 0) is 0 Å². The Kier molecular flexibility index (Phi) is 4.22. The molecule has 3 aromatic rings. The van der Waals surface area contributed by atoms with Crippen molar-refractivity contribution in [3.05, 3.63) is 65.1 Å². The number of amides is 1. The molecule has 0 atom stereocenters. The van der Waals surface area contributed by atoms with E-state index in [1.165, 1.54) is 24.2 Å². The van der Waals surface area contributed by atoms with Crippen molar-refractivity contribution in [1.29, 1.82) is 0 Å². The number of nitrogens with one attached hydrogen (secondary N) is 1. The van der Waals surface area contributed by atoms with Crippen LogP contribution in [0.4, 0.5) is 0 Å². The number of rotatable bonds is 4. The molecule has 0 bridgehead atoms. The summed E-state index contributed by atoms with van der Waals surface area (Å²) in [7, 11) is 0. The van der Waals surface area contributed by atoms with Crippen molar-refractivity contribution in [3.63, 3.8) is 0 Å². The summed E-state index contributed by atoms with van der Waals surface area (Å²) in [6.45, 7) is 0. The molecule has 2 heterocycles. The van der Waals surface area contributed by atoms with E-state index in [1.54, 1.807) is 0 Å². The molecule has 0 spiro atoms. The Morgan fingerprint density at radius 3 is 2.46 bits per heavy atom. The molecule has 0 radical (unpaired) electrons. The highest BCUT2D eigenvalue weighted by Gasteiger charge is 2.23. The third kappa shape index (κ3) is 2.89. The molecule has 3 nitrogen and oxygen atoms in total. The minimum absolute atomic E-state index is 0.0535. The van der Waals surface area contributed by atoms with Crippen molar-refractivity contribution in [2.24, 2.45) is 0 Å². The molecule has 4 heteroatoms. The van der Waals surface area contributed by atoms with Gasteiger partial charge in [0.1, 0.15) is 4.88 Å². The molecule has 1 fully saturated rings. The van der Waals surface area contributed by atoms with Crippen LogP contribution in [0, 0.1) is 0 Å². The van der Waals surface area contributed by atoms with Crippen LogP contribution in [0.5, 0.6) is 0 Å². The van der Waals surface area contributed by atoms with Crippen LogP contribution < -0.4 is 5.32 Å². The topological polar surface area (TPSA) is 34.0 Å². The average molecular weight is 336 g/mol. The van der Waals surface area contributed by atoms with E-state index < -0.39 is 0 Å². The van der Waals surface area contributed by atoms with Gasteiger partial charge < -0.3 is 9.88 Å². The second kappa shape index (κ2) is 6.65. The van der Waals surface area contributed by atoms with Gasteiger partial charge in [0.25, 0.3) is 5.91 Å². The number of thiophene rings is 1. The first-order valence-electron chi connectivity index (χ1n) is 8.44. The second-order valence-electron chi connectivity index (χ2n) is 6.24. The van der Waals surface area contributed by atoms with Crippen molar-refractivity contribution in [1.82, 2.24) is 9.88 Å². The summed E-state index contributed by atoms with van der Waals surface area (Å²) in [5.41, 5.74) is 3.22. The Hall–Kier alpha value is -2.33. The van der Waals surface area contributed by atoms with E-state index in [4.69, 9.17) is 0 Å². The molecule has 0 saturated heterocycles. The summed E-state index contributed by atoms with van der Waals surface area (Å²) < 4.78 is 2.04. The van der Waals surface area contributed by atoms with E-state index in [2.05, 4.69) is 22.8 Å². The molecule has 4 rings (SSSR count). The Morgan fingerprint density at radius 1 is 1.04 bits per heavy atom. The molecule has 1 saturated carbocycles. The van der Waals surface area contributed by atoms with Gasteiger partial charge in [-0.3, -0.25) is 4.79 Å². The lowest BCUT2D eigenvalue weighted by Gasteiger charge is -2.13. The third-order valence-electron chi connectivity index (χ3n) is 4.61. The van der Waals surface area contributed by atoms with Gasteiger partial charge >= 0.3 is 0 Å². The van der Waals surface area contributed by atoms with Gasteiger partial charge in [0, 0.05) is 29.4 Å². The lowest BCUT2D eigenvalue weighted by molar-refractivity contribution is 0.0942. The Balaban J connectivity index is 1.74. The number of carbonyl (C=O) groups excluding carboxylic acids is 1. The van der Waals surface area contributed by atoms with Crippen LogP contribution >= 0.6 is 11.3 Å². The standard InChI is InChI=1S/C20H20N2OS/c23-20(21-16-10-4-5-11-16)19-18(22-12-6-7-13-22)17(14-24-19)15-8-2-1-3-9-15/h1-3,6-9,12-14,16H,4-5,10-11H2,(H,21,23). The van der Waals surface area contributed by atoms with Crippen molar-refractivity contribution in [3.8, 4) is 16.8 Å². The zero-order valence-electron chi connectivity index (χ0n) is 13.4. The lowest BCUT2D eigenvalue weighted by atomic mass is 10.1. The number of aromatic nitrogens is 1. The summed E-state index contributed by atoms with van der Waals surface area (Å²) in [5.74, 6) is 0.0535. The molecular weight excluding hydrogens is 316 g/mol. The van der Waals surface area contributed by atoms with E-state index in [0.29, 0.717) is 6.04 Å². The molecule has 1 aliphatic carbocycles. The predicted molar refractivity (Wildman–Crippen MR) is 98.8 cm³/mol. The molecule has 0 unspecified atom stereocenters. The summed E-state index contributed by atoms with van der Waals surface area (Å²) in [5, 5.41) is 5.31. The van der Waals surface area contributed by atoms with Gasteiger partial charge in [0.05, 0.1) is 5.69 Å². The number of carbonyl (C=O) groups is 1. The largest absolute Gasteiger partial charge is 0.349 e. The van der Waals surface area contributed by atoms with Crippen molar-refractivity contribution >= 4 is 17.2 Å². The maximum atomic E-state index is 12.8. The van der Waals surface area contributed by atoms with E-state index in [9.17, 15) is 4.79 Å². The van der Waals surface area contributed by atoms with Gasteiger partial charge in [0.15, 0.2) is 0 Å². The number of hydrogen-bond donors (Lipinski definition) is 1. The van der Waals surface area contributed by atoms with Crippen LogP contribution in [0.3, 0.4) is 0 Å². The first kappa shape index (κ1) is 15.2. The quantitative estimate of drug-likeness (QED) is 0.724. The number of nitrogens with zero attached hydrogens (tertiary/aromatic N) is 1. The zero-order valence-corrected chi connectivity index (χ0v) is 14.3. The van der Waals surface area contributed by atoms with Crippen LogP contribution in [0.1, 0.15) is 35.4 Å². The second-order valence-corrected chi connectivity index (χ2v) is 7.12. The highest BCUT2D eigenvalue weighted by molar-refractivity contribution is 7.13. The van der Waals surface area contributed by atoms with E-state index in [0.717, 1.165) is 34.5 Å². The van der Waals surface area contributed by atoms with Crippen molar-refractivity contribution < 1.29 is 4.79 Å². The van der Waals surface area contributed by atoms with Gasteiger partial charge in [-0.2, -0.15) is 0 Å². The zero-order chi connectivity index (χ0) is 16.4. The molecule has 122 valence electrons. The number of benzene rings is 1. The maximum Gasteiger partial charge on any atom is 0.263 e. The van der Waals surface area contributed by atoms with Crippen LogP contribution in [0.25, 0.3) is 16.8 Å². The van der Waals surface area contributed by atoms with Crippen LogP contribution in [0.2, 0.25) is 0 Å². The highest BCUT2D eigenvalue weighted by Crippen LogP contribution is 2.35. The van der Waals surface area contributed by atoms with Crippen LogP contribution in [-0.4, -0.2) is 16.5 Å². The third-order valence-corrected chi connectivity index (χ3v) is 5.58. The predicted octanol–water partition coefficient (Wildman–Crippen LogP) is 4.88. The van der Waals surface area contributed by atoms with Gasteiger partial charge in [-0.15, -0.1) is 11.3 Å². The highest BCUT2D eigenvalue weighted by atomic mass is 32.1. The molecule has 1 aromatic carbocycles. The smallest absolute Gasteiger partial charge is 0.263 e. The lowest BCUT2D eigenvalue weighted by Crippen LogP contribution is -2.32. The Morgan fingerprint density at radius 2 is 1.75 bits per heavy atom. The summed E-state index contributed by atoms with van der Waals surface area (Å²) in [6, 6.07) is 14.6. The Bertz CT molecular complexity index is 815. The fraction of sp³-hybridized carbons (Fsp3) is 0.250. The molecule has 2 aromatic heterocycles. The van der Waals surface area contributed by atoms with Crippen LogP contribution in [0.15, 0.2) is 60.2 Å². The molecule has 1 amide bonds. The Labute approximate surface area is 146 Å². The van der Waals surface area contributed by atoms with Crippen molar-refractivity contribution in [2.75, 3.05) is 0 Å². The number of hydrogen-bond acceptors (Lipinski definition) is 2. The fourth-order valence-corrected chi connectivity index (χ4v) is 4.37. The molecule has 1 aliphatic rings. The monoisotopic (exact) mass is 336 g/mol. The first-order valence-corrected chi connectivity index (χ1v) is 9.32. The minimum Gasteiger partial charge on any atom is -0.349 e. The molecule has 24 heavy (non-hydrogen) atoms. The van der Waals surface area contributed by atoms with Gasteiger partial charge in [-0.25, -0.2) is 0 Å². The van der Waals surface area contributed by atoms with Gasteiger partial charge in [-0.1, -0.05) is 43.2 Å². The fourth-order valence-electron chi connectivity index (χ4n) is 3.40. The molecule has 1 N–H and O–H groups in total. The van der Waals surface area contributed by atoms with Gasteiger partial charge in [-0.05, 0) is 30.5 Å².